The Labute approximate surface area is 118 Å². The number of hydrogen-bond acceptors (Lipinski definition) is 4. The lowest BCUT2D eigenvalue weighted by Crippen LogP contribution is -2.05. The maximum absolute atomic E-state index is 11.5. The predicted octanol–water partition coefficient (Wildman–Crippen LogP) is 3.67. The minimum Gasteiger partial charge on any atom is -0.461 e. The molecule has 0 spiro atoms. The number of nitrogens with zero attached hydrogens (tertiary/aromatic N) is 1. The zero-order valence-electron chi connectivity index (χ0n) is 9.85. The van der Waals surface area contributed by atoms with Gasteiger partial charge in [-0.25, -0.2) is 9.78 Å². The Bertz CT molecular complexity index is 553. The Balaban J connectivity index is 2.09. The van der Waals surface area contributed by atoms with E-state index in [1.54, 1.807) is 12.3 Å². The van der Waals surface area contributed by atoms with Crippen LogP contribution in [0.2, 0.25) is 0 Å². The largest absolute Gasteiger partial charge is 0.461 e. The summed E-state index contributed by atoms with van der Waals surface area (Å²) in [5.74, 6) is -0.353. The molecule has 0 radical (unpaired) electrons. The molecule has 1 aromatic heterocycles. The Morgan fingerprint density at radius 3 is 3.06 bits per heavy atom. The SMILES string of the molecule is CCOC(=O)c1csc(Cc2cccc(Br)c2)n1. The van der Waals surface area contributed by atoms with Crippen LogP contribution >= 0.6 is 27.3 Å². The van der Waals surface area contributed by atoms with Crippen LogP contribution in [0, 0.1) is 0 Å². The molecule has 0 fully saturated rings. The number of hydrogen-bond donors (Lipinski definition) is 0. The lowest BCUT2D eigenvalue weighted by atomic mass is 10.2. The molecule has 1 aromatic carbocycles. The number of rotatable bonds is 4. The molecule has 0 amide bonds. The Hall–Kier alpha value is -1.20. The van der Waals surface area contributed by atoms with Gasteiger partial charge in [-0.3, -0.25) is 0 Å². The third kappa shape index (κ3) is 3.40. The summed E-state index contributed by atoms with van der Waals surface area (Å²) >= 11 is 4.91. The second-order valence-electron chi connectivity index (χ2n) is 3.65. The predicted molar refractivity (Wildman–Crippen MR) is 75.0 cm³/mol. The average Bonchev–Trinajstić information content (AvgIpc) is 2.78. The Morgan fingerprint density at radius 1 is 1.50 bits per heavy atom. The van der Waals surface area contributed by atoms with E-state index in [4.69, 9.17) is 4.74 Å². The van der Waals surface area contributed by atoms with Gasteiger partial charge in [0.15, 0.2) is 5.69 Å². The molecule has 0 saturated heterocycles. The number of benzene rings is 1. The first-order chi connectivity index (χ1) is 8.69. The van der Waals surface area contributed by atoms with E-state index in [1.165, 1.54) is 11.3 Å². The van der Waals surface area contributed by atoms with Crippen LogP contribution in [0.4, 0.5) is 0 Å². The van der Waals surface area contributed by atoms with Crippen LogP contribution < -0.4 is 0 Å². The van der Waals surface area contributed by atoms with Crippen molar-refractivity contribution in [2.24, 2.45) is 0 Å². The van der Waals surface area contributed by atoms with Gasteiger partial charge in [0.25, 0.3) is 0 Å². The van der Waals surface area contributed by atoms with Crippen LogP contribution in [0.1, 0.15) is 28.0 Å². The van der Waals surface area contributed by atoms with Crippen molar-refractivity contribution in [3.8, 4) is 0 Å². The molecule has 2 rings (SSSR count). The van der Waals surface area contributed by atoms with Gasteiger partial charge in [0, 0.05) is 16.3 Å². The van der Waals surface area contributed by atoms with Gasteiger partial charge in [0.05, 0.1) is 11.6 Å². The average molecular weight is 326 g/mol. The highest BCUT2D eigenvalue weighted by Crippen LogP contribution is 2.18. The van der Waals surface area contributed by atoms with Crippen molar-refractivity contribution in [2.75, 3.05) is 6.61 Å². The molecule has 0 atom stereocenters. The van der Waals surface area contributed by atoms with Crippen molar-refractivity contribution in [1.82, 2.24) is 4.98 Å². The molecule has 0 bridgehead atoms. The summed E-state index contributed by atoms with van der Waals surface area (Å²) in [7, 11) is 0. The molecular weight excluding hydrogens is 314 g/mol. The fraction of sp³-hybridized carbons (Fsp3) is 0.231. The fourth-order valence-corrected chi connectivity index (χ4v) is 2.76. The van der Waals surface area contributed by atoms with Gasteiger partial charge in [0.1, 0.15) is 0 Å². The van der Waals surface area contributed by atoms with E-state index in [9.17, 15) is 4.79 Å². The molecule has 94 valence electrons. The molecule has 0 aliphatic rings. The van der Waals surface area contributed by atoms with Gasteiger partial charge in [-0.1, -0.05) is 28.1 Å². The summed E-state index contributed by atoms with van der Waals surface area (Å²) < 4.78 is 5.95. The minimum absolute atomic E-state index is 0.353. The summed E-state index contributed by atoms with van der Waals surface area (Å²) in [6.07, 6.45) is 0.726. The summed E-state index contributed by atoms with van der Waals surface area (Å²) in [5, 5.41) is 2.65. The van der Waals surface area contributed by atoms with E-state index in [-0.39, 0.29) is 5.97 Å². The van der Waals surface area contributed by atoms with Crippen LogP contribution in [0.5, 0.6) is 0 Å². The third-order valence-electron chi connectivity index (χ3n) is 2.28. The van der Waals surface area contributed by atoms with Gasteiger partial charge in [0.2, 0.25) is 0 Å². The summed E-state index contributed by atoms with van der Waals surface area (Å²) in [5.41, 5.74) is 1.56. The second kappa shape index (κ2) is 6.11. The highest BCUT2D eigenvalue weighted by molar-refractivity contribution is 9.10. The van der Waals surface area contributed by atoms with E-state index in [0.29, 0.717) is 12.3 Å². The number of carbonyl (C=O) groups excluding carboxylic acids is 1. The smallest absolute Gasteiger partial charge is 0.357 e. The first kappa shape index (κ1) is 13.2. The quantitative estimate of drug-likeness (QED) is 0.805. The van der Waals surface area contributed by atoms with Gasteiger partial charge in [-0.05, 0) is 24.6 Å². The van der Waals surface area contributed by atoms with Gasteiger partial charge < -0.3 is 4.74 Å². The number of carbonyl (C=O) groups is 1. The Morgan fingerprint density at radius 2 is 2.33 bits per heavy atom. The van der Waals surface area contributed by atoms with Gasteiger partial charge >= 0.3 is 5.97 Å². The maximum atomic E-state index is 11.5. The minimum atomic E-state index is -0.353. The number of halogens is 1. The van der Waals surface area contributed by atoms with E-state index in [0.717, 1.165) is 21.5 Å². The number of aromatic nitrogens is 1. The fourth-order valence-electron chi connectivity index (χ4n) is 1.51. The molecule has 0 saturated carbocycles. The molecule has 0 N–H and O–H groups in total. The normalized spacial score (nSPS) is 10.3. The summed E-state index contributed by atoms with van der Waals surface area (Å²) in [6, 6.07) is 8.05. The first-order valence-corrected chi connectivity index (χ1v) is 7.22. The van der Waals surface area contributed by atoms with Crippen molar-refractivity contribution in [3.63, 3.8) is 0 Å². The lowest BCUT2D eigenvalue weighted by Gasteiger charge is -1.99. The van der Waals surface area contributed by atoms with E-state index >= 15 is 0 Å². The number of thiazole rings is 1. The number of ether oxygens (including phenoxy) is 1. The van der Waals surface area contributed by atoms with Crippen molar-refractivity contribution < 1.29 is 9.53 Å². The molecular formula is C13H12BrNO2S. The molecule has 0 aliphatic heterocycles. The topological polar surface area (TPSA) is 39.2 Å². The van der Waals surface area contributed by atoms with Crippen LogP contribution in [0.3, 0.4) is 0 Å². The number of esters is 1. The van der Waals surface area contributed by atoms with Gasteiger partial charge in [-0.15, -0.1) is 11.3 Å². The van der Waals surface area contributed by atoms with Crippen molar-refractivity contribution in [1.29, 1.82) is 0 Å². The van der Waals surface area contributed by atoms with Crippen LogP contribution in [-0.2, 0) is 11.2 Å². The van der Waals surface area contributed by atoms with Crippen molar-refractivity contribution in [2.45, 2.75) is 13.3 Å². The van der Waals surface area contributed by atoms with Gasteiger partial charge in [-0.2, -0.15) is 0 Å². The molecule has 2 aromatic rings. The van der Waals surface area contributed by atoms with Crippen molar-refractivity contribution in [3.05, 3.63) is 50.4 Å². The second-order valence-corrected chi connectivity index (χ2v) is 5.51. The molecule has 3 nitrogen and oxygen atoms in total. The first-order valence-electron chi connectivity index (χ1n) is 5.55. The molecule has 1 heterocycles. The molecule has 0 unspecified atom stereocenters. The molecule has 0 aliphatic carbocycles. The molecule has 5 heteroatoms. The summed E-state index contributed by atoms with van der Waals surface area (Å²) in [4.78, 5) is 15.8. The molecule has 18 heavy (non-hydrogen) atoms. The van der Waals surface area contributed by atoms with E-state index in [1.807, 2.05) is 24.3 Å². The van der Waals surface area contributed by atoms with Crippen LogP contribution in [0.15, 0.2) is 34.1 Å². The highest BCUT2D eigenvalue weighted by atomic mass is 79.9. The van der Waals surface area contributed by atoms with E-state index in [2.05, 4.69) is 20.9 Å². The standard InChI is InChI=1S/C13H12BrNO2S/c1-2-17-13(16)11-8-18-12(15-11)7-9-4-3-5-10(14)6-9/h3-6,8H,2,7H2,1H3. The highest BCUT2D eigenvalue weighted by Gasteiger charge is 2.11. The van der Waals surface area contributed by atoms with E-state index < -0.39 is 0 Å². The zero-order chi connectivity index (χ0) is 13.0. The summed E-state index contributed by atoms with van der Waals surface area (Å²) in [6.45, 7) is 2.16. The maximum Gasteiger partial charge on any atom is 0.357 e. The third-order valence-corrected chi connectivity index (χ3v) is 3.62. The Kier molecular flexibility index (Phi) is 4.49. The zero-order valence-corrected chi connectivity index (χ0v) is 12.3. The lowest BCUT2D eigenvalue weighted by molar-refractivity contribution is 0.0520. The van der Waals surface area contributed by atoms with Crippen molar-refractivity contribution >= 4 is 33.2 Å². The van der Waals surface area contributed by atoms with Crippen LogP contribution in [-0.4, -0.2) is 17.6 Å². The monoisotopic (exact) mass is 325 g/mol. The van der Waals surface area contributed by atoms with Crippen LogP contribution in [0.25, 0.3) is 0 Å².